The van der Waals surface area contributed by atoms with Gasteiger partial charge in [0.2, 0.25) is 0 Å². The van der Waals surface area contributed by atoms with Crippen molar-refractivity contribution in [3.05, 3.63) is 54.1 Å². The van der Waals surface area contributed by atoms with E-state index in [-0.39, 0.29) is 23.4 Å². The first-order chi connectivity index (χ1) is 9.74. The van der Waals surface area contributed by atoms with Crippen molar-refractivity contribution in [1.82, 2.24) is 5.32 Å². The lowest BCUT2D eigenvalue weighted by atomic mass is 10.2. The molecule has 1 aliphatic heterocycles. The number of benzene rings is 2. The fourth-order valence-electron chi connectivity index (χ4n) is 1.84. The highest BCUT2D eigenvalue weighted by atomic mass is 19.1. The van der Waals surface area contributed by atoms with Crippen molar-refractivity contribution >= 4 is 0 Å². The molecule has 0 amide bonds. The van der Waals surface area contributed by atoms with E-state index in [0.29, 0.717) is 13.1 Å². The van der Waals surface area contributed by atoms with Crippen LogP contribution in [0.1, 0.15) is 0 Å². The molecule has 1 saturated heterocycles. The molecule has 0 aromatic heterocycles. The fraction of sp³-hybridized carbons (Fsp3) is 0.200. The molecule has 5 heteroatoms. The zero-order valence-electron chi connectivity index (χ0n) is 10.6. The summed E-state index contributed by atoms with van der Waals surface area (Å²) in [5.41, 5.74) is 0. The van der Waals surface area contributed by atoms with Crippen molar-refractivity contribution in [2.75, 3.05) is 13.1 Å². The van der Waals surface area contributed by atoms with Crippen LogP contribution < -0.4 is 14.8 Å². The summed E-state index contributed by atoms with van der Waals surface area (Å²) in [5, 5.41) is 3.03. The molecule has 104 valence electrons. The Morgan fingerprint density at radius 2 is 1.60 bits per heavy atom. The summed E-state index contributed by atoms with van der Waals surface area (Å²) >= 11 is 0. The molecule has 3 nitrogen and oxygen atoms in total. The van der Waals surface area contributed by atoms with Gasteiger partial charge in [0.15, 0.2) is 28.9 Å². The van der Waals surface area contributed by atoms with E-state index in [1.165, 1.54) is 24.3 Å². The first-order valence-electron chi connectivity index (χ1n) is 6.32. The van der Waals surface area contributed by atoms with Crippen LogP contribution in [0.15, 0.2) is 42.5 Å². The Labute approximate surface area is 115 Å². The van der Waals surface area contributed by atoms with Crippen molar-refractivity contribution in [3.8, 4) is 17.2 Å². The number of rotatable bonds is 4. The van der Waals surface area contributed by atoms with Gasteiger partial charge in [0.1, 0.15) is 6.10 Å². The topological polar surface area (TPSA) is 30.5 Å². The molecule has 0 radical (unpaired) electrons. The number of nitrogens with one attached hydrogen (secondary N) is 1. The van der Waals surface area contributed by atoms with Crippen molar-refractivity contribution < 1.29 is 18.3 Å². The maximum Gasteiger partial charge on any atom is 0.198 e. The molecule has 3 rings (SSSR count). The minimum Gasteiger partial charge on any atom is -0.481 e. The lowest BCUT2D eigenvalue weighted by Crippen LogP contribution is -2.50. The van der Waals surface area contributed by atoms with Gasteiger partial charge in [0, 0.05) is 13.1 Å². The Kier molecular flexibility index (Phi) is 3.52. The second-order valence-corrected chi connectivity index (χ2v) is 4.50. The number of ether oxygens (including phenoxy) is 2. The summed E-state index contributed by atoms with van der Waals surface area (Å²) in [6.45, 7) is 1.32. The minimum absolute atomic E-state index is 0.0160. The van der Waals surface area contributed by atoms with E-state index in [2.05, 4.69) is 5.32 Å². The quantitative estimate of drug-likeness (QED) is 0.931. The largest absolute Gasteiger partial charge is 0.481 e. The van der Waals surface area contributed by atoms with E-state index in [9.17, 15) is 8.78 Å². The smallest absolute Gasteiger partial charge is 0.198 e. The highest BCUT2D eigenvalue weighted by Gasteiger charge is 2.23. The summed E-state index contributed by atoms with van der Waals surface area (Å²) in [7, 11) is 0. The lowest BCUT2D eigenvalue weighted by Gasteiger charge is -2.28. The molecule has 20 heavy (non-hydrogen) atoms. The van der Waals surface area contributed by atoms with E-state index in [1.54, 1.807) is 18.2 Å². The number of hydrogen-bond acceptors (Lipinski definition) is 3. The van der Waals surface area contributed by atoms with Crippen molar-refractivity contribution in [3.63, 3.8) is 0 Å². The third-order valence-corrected chi connectivity index (χ3v) is 3.02. The van der Waals surface area contributed by atoms with Gasteiger partial charge in [-0.05, 0) is 24.3 Å². The van der Waals surface area contributed by atoms with Crippen molar-refractivity contribution in [1.29, 1.82) is 0 Å². The van der Waals surface area contributed by atoms with Gasteiger partial charge in [-0.15, -0.1) is 0 Å². The van der Waals surface area contributed by atoms with Gasteiger partial charge in [0.05, 0.1) is 0 Å². The molecule has 0 atom stereocenters. The van der Waals surface area contributed by atoms with Crippen molar-refractivity contribution in [2.24, 2.45) is 0 Å². The van der Waals surface area contributed by atoms with E-state index in [4.69, 9.17) is 9.47 Å². The molecular formula is C15H13F2NO2. The standard InChI is InChI=1S/C15H13F2NO2/c16-11-4-1-2-6-13(11)20-14-7-3-5-12(17)15(14)19-10-8-18-9-10/h1-7,10,18H,8-9H2. The molecule has 0 aliphatic carbocycles. The molecule has 1 aliphatic rings. The monoisotopic (exact) mass is 277 g/mol. The maximum absolute atomic E-state index is 13.9. The molecule has 0 unspecified atom stereocenters. The average Bonchev–Trinajstić information content (AvgIpc) is 2.39. The summed E-state index contributed by atoms with van der Waals surface area (Å²) in [4.78, 5) is 0. The number of para-hydroxylation sites is 2. The maximum atomic E-state index is 13.9. The van der Waals surface area contributed by atoms with Gasteiger partial charge >= 0.3 is 0 Å². The first kappa shape index (κ1) is 12.9. The van der Waals surface area contributed by atoms with Crippen LogP contribution in [0.5, 0.6) is 17.2 Å². The van der Waals surface area contributed by atoms with Gasteiger partial charge < -0.3 is 14.8 Å². The molecule has 1 N–H and O–H groups in total. The predicted octanol–water partition coefficient (Wildman–Crippen LogP) is 3.11. The van der Waals surface area contributed by atoms with E-state index in [0.717, 1.165) is 0 Å². The Hall–Kier alpha value is -2.14. The zero-order chi connectivity index (χ0) is 13.9. The summed E-state index contributed by atoms with van der Waals surface area (Å²) in [5.74, 6) is -0.808. The molecule has 0 saturated carbocycles. The Balaban J connectivity index is 1.88. The van der Waals surface area contributed by atoms with E-state index >= 15 is 0 Å². The third kappa shape index (κ3) is 2.58. The number of halogens is 2. The van der Waals surface area contributed by atoms with Gasteiger partial charge in [-0.3, -0.25) is 0 Å². The predicted molar refractivity (Wildman–Crippen MR) is 70.2 cm³/mol. The molecule has 1 heterocycles. The molecule has 0 spiro atoms. The van der Waals surface area contributed by atoms with Crippen LogP contribution >= 0.6 is 0 Å². The molecule has 0 bridgehead atoms. The van der Waals surface area contributed by atoms with Crippen LogP contribution in [0.2, 0.25) is 0 Å². The van der Waals surface area contributed by atoms with Crippen LogP contribution in [-0.2, 0) is 0 Å². The Morgan fingerprint density at radius 1 is 0.900 bits per heavy atom. The Morgan fingerprint density at radius 3 is 2.30 bits per heavy atom. The highest BCUT2D eigenvalue weighted by Crippen LogP contribution is 2.35. The normalized spacial score (nSPS) is 14.7. The van der Waals surface area contributed by atoms with Gasteiger partial charge in [-0.2, -0.15) is 0 Å². The molecular weight excluding hydrogens is 264 g/mol. The van der Waals surface area contributed by atoms with Crippen LogP contribution in [0.4, 0.5) is 8.78 Å². The van der Waals surface area contributed by atoms with E-state index < -0.39 is 11.6 Å². The van der Waals surface area contributed by atoms with Crippen molar-refractivity contribution in [2.45, 2.75) is 6.10 Å². The summed E-state index contributed by atoms with van der Waals surface area (Å²) in [6, 6.07) is 10.3. The third-order valence-electron chi connectivity index (χ3n) is 3.02. The van der Waals surface area contributed by atoms with Crippen LogP contribution in [0.3, 0.4) is 0 Å². The Bertz CT molecular complexity index is 615. The minimum atomic E-state index is -0.522. The van der Waals surface area contributed by atoms with Gasteiger partial charge in [-0.25, -0.2) is 8.78 Å². The molecule has 1 fully saturated rings. The highest BCUT2D eigenvalue weighted by molar-refractivity contribution is 5.44. The van der Waals surface area contributed by atoms with Gasteiger partial charge in [-0.1, -0.05) is 18.2 Å². The summed E-state index contributed by atoms with van der Waals surface area (Å²) < 4.78 is 38.4. The summed E-state index contributed by atoms with van der Waals surface area (Å²) in [6.07, 6.45) is -0.0881. The first-order valence-corrected chi connectivity index (χ1v) is 6.32. The van der Waals surface area contributed by atoms with Gasteiger partial charge in [0.25, 0.3) is 0 Å². The second kappa shape index (κ2) is 5.46. The zero-order valence-corrected chi connectivity index (χ0v) is 10.6. The van der Waals surface area contributed by atoms with E-state index in [1.807, 2.05) is 0 Å². The second-order valence-electron chi connectivity index (χ2n) is 4.50. The fourth-order valence-corrected chi connectivity index (χ4v) is 1.84. The molecule has 2 aromatic rings. The average molecular weight is 277 g/mol. The SMILES string of the molecule is Fc1ccccc1Oc1cccc(F)c1OC1CNC1. The number of hydrogen-bond donors (Lipinski definition) is 1. The van der Waals surface area contributed by atoms with Crippen LogP contribution in [0, 0.1) is 11.6 Å². The molecule has 2 aromatic carbocycles. The lowest BCUT2D eigenvalue weighted by molar-refractivity contribution is 0.132. The van der Waals surface area contributed by atoms with Crippen LogP contribution in [-0.4, -0.2) is 19.2 Å². The van der Waals surface area contributed by atoms with Crippen LogP contribution in [0.25, 0.3) is 0 Å².